The maximum Gasteiger partial charge on any atom is 0.169 e. The summed E-state index contributed by atoms with van der Waals surface area (Å²) in [5.41, 5.74) is 0.767. The van der Waals surface area contributed by atoms with Crippen molar-refractivity contribution in [2.45, 2.75) is 19.4 Å². The fraction of sp³-hybridized carbons (Fsp3) is 0.333. The Labute approximate surface area is 106 Å². The van der Waals surface area contributed by atoms with Crippen LogP contribution < -0.4 is 0 Å². The molecule has 2 atom stereocenters. The number of nitrogens with zero attached hydrogens (tertiary/aromatic N) is 1. The van der Waals surface area contributed by atoms with E-state index in [1.807, 2.05) is 31.2 Å². The number of benzene rings is 1. The summed E-state index contributed by atoms with van der Waals surface area (Å²) >= 11 is 0. The molecule has 0 bridgehead atoms. The summed E-state index contributed by atoms with van der Waals surface area (Å²) in [4.78, 5) is 16.6. The number of pyridine rings is 1. The van der Waals surface area contributed by atoms with E-state index in [-0.39, 0.29) is 17.8 Å². The van der Waals surface area contributed by atoms with Crippen LogP contribution in [0.5, 0.6) is 0 Å². The number of carbonyl (C=O) groups excluding carboxylic acids is 1. The normalized spacial score (nSPS) is 23.4. The summed E-state index contributed by atoms with van der Waals surface area (Å²) in [5.74, 6) is 0.170. The molecule has 1 fully saturated rings. The zero-order valence-corrected chi connectivity index (χ0v) is 10.3. The smallest absolute Gasteiger partial charge is 0.169 e. The number of ketones is 1. The van der Waals surface area contributed by atoms with Crippen molar-refractivity contribution in [2.24, 2.45) is 5.92 Å². The summed E-state index contributed by atoms with van der Waals surface area (Å²) in [6, 6.07) is 7.74. The van der Waals surface area contributed by atoms with Gasteiger partial charge < -0.3 is 4.74 Å². The fourth-order valence-electron chi connectivity index (χ4n) is 2.55. The predicted octanol–water partition coefficient (Wildman–Crippen LogP) is 2.84. The van der Waals surface area contributed by atoms with E-state index in [1.54, 1.807) is 12.4 Å². The van der Waals surface area contributed by atoms with Crippen molar-refractivity contribution >= 4 is 16.6 Å². The number of Topliss-reactive ketones (excluding diaryl/α,β-unsaturated/α-hetero) is 1. The molecule has 92 valence electrons. The zero-order valence-electron chi connectivity index (χ0n) is 10.3. The summed E-state index contributed by atoms with van der Waals surface area (Å²) in [5, 5.41) is 1.99. The van der Waals surface area contributed by atoms with Crippen molar-refractivity contribution in [1.29, 1.82) is 0 Å². The molecule has 3 nitrogen and oxygen atoms in total. The fourth-order valence-corrected chi connectivity index (χ4v) is 2.55. The van der Waals surface area contributed by atoms with Crippen LogP contribution in [0.2, 0.25) is 0 Å². The number of fused-ring (bicyclic) bond motifs is 1. The molecular formula is C15H15NO2. The quantitative estimate of drug-likeness (QED) is 0.759. The Morgan fingerprint density at radius 1 is 1.39 bits per heavy atom. The Kier molecular flexibility index (Phi) is 2.84. The molecule has 0 saturated carbocycles. The second-order valence-electron chi connectivity index (χ2n) is 4.84. The lowest BCUT2D eigenvalue weighted by atomic mass is 9.93. The lowest BCUT2D eigenvalue weighted by molar-refractivity contribution is 0.0879. The van der Waals surface area contributed by atoms with E-state index in [4.69, 9.17) is 4.74 Å². The molecule has 0 spiro atoms. The monoisotopic (exact) mass is 241 g/mol. The van der Waals surface area contributed by atoms with Crippen molar-refractivity contribution in [3.63, 3.8) is 0 Å². The van der Waals surface area contributed by atoms with Crippen LogP contribution in [-0.4, -0.2) is 23.5 Å². The van der Waals surface area contributed by atoms with Crippen LogP contribution >= 0.6 is 0 Å². The first-order valence-electron chi connectivity index (χ1n) is 6.24. The zero-order chi connectivity index (χ0) is 12.5. The highest BCUT2D eigenvalue weighted by Gasteiger charge is 2.29. The van der Waals surface area contributed by atoms with Crippen LogP contribution in [0.1, 0.15) is 23.7 Å². The summed E-state index contributed by atoms with van der Waals surface area (Å²) < 4.78 is 5.48. The van der Waals surface area contributed by atoms with Crippen LogP contribution in [0, 0.1) is 5.92 Å². The van der Waals surface area contributed by atoms with E-state index in [1.165, 1.54) is 0 Å². The van der Waals surface area contributed by atoms with E-state index in [2.05, 4.69) is 4.98 Å². The maximum atomic E-state index is 12.5. The third-order valence-corrected chi connectivity index (χ3v) is 3.52. The number of rotatable bonds is 2. The molecule has 1 saturated heterocycles. The number of carbonyl (C=O) groups is 1. The first kappa shape index (κ1) is 11.4. The van der Waals surface area contributed by atoms with Crippen LogP contribution in [0.4, 0.5) is 0 Å². The number of ether oxygens (including phenoxy) is 1. The van der Waals surface area contributed by atoms with Gasteiger partial charge in [0.15, 0.2) is 5.78 Å². The van der Waals surface area contributed by atoms with E-state index >= 15 is 0 Å². The molecule has 1 aromatic carbocycles. The van der Waals surface area contributed by atoms with Crippen molar-refractivity contribution in [3.05, 3.63) is 42.2 Å². The van der Waals surface area contributed by atoms with Gasteiger partial charge in [-0.05, 0) is 24.8 Å². The highest BCUT2D eigenvalue weighted by atomic mass is 16.5. The lowest BCUT2D eigenvalue weighted by Crippen LogP contribution is -2.15. The largest absolute Gasteiger partial charge is 0.378 e. The van der Waals surface area contributed by atoms with Crippen molar-refractivity contribution in [2.75, 3.05) is 6.61 Å². The molecule has 2 unspecified atom stereocenters. The molecule has 0 radical (unpaired) electrons. The Morgan fingerprint density at radius 2 is 2.28 bits per heavy atom. The maximum absolute atomic E-state index is 12.5. The second-order valence-corrected chi connectivity index (χ2v) is 4.84. The molecule has 1 aliphatic rings. The van der Waals surface area contributed by atoms with Crippen LogP contribution in [0.15, 0.2) is 36.7 Å². The average Bonchev–Trinajstić information content (AvgIpc) is 2.84. The minimum absolute atomic E-state index is 0.00851. The van der Waals surface area contributed by atoms with Gasteiger partial charge in [0, 0.05) is 29.3 Å². The average molecular weight is 241 g/mol. The predicted molar refractivity (Wildman–Crippen MR) is 69.6 cm³/mol. The van der Waals surface area contributed by atoms with Gasteiger partial charge in [-0.1, -0.05) is 18.2 Å². The Balaban J connectivity index is 2.01. The lowest BCUT2D eigenvalue weighted by Gasteiger charge is -2.09. The van der Waals surface area contributed by atoms with Crippen LogP contribution in [0.3, 0.4) is 0 Å². The molecule has 18 heavy (non-hydrogen) atoms. The summed E-state index contributed by atoms with van der Waals surface area (Å²) in [6.07, 6.45) is 4.52. The van der Waals surface area contributed by atoms with Crippen molar-refractivity contribution in [1.82, 2.24) is 4.98 Å². The summed E-state index contributed by atoms with van der Waals surface area (Å²) in [6.45, 7) is 2.55. The third kappa shape index (κ3) is 1.91. The molecule has 1 aromatic heterocycles. The van der Waals surface area contributed by atoms with Crippen molar-refractivity contribution in [3.8, 4) is 0 Å². The van der Waals surface area contributed by atoms with Gasteiger partial charge in [0.2, 0.25) is 0 Å². The molecule has 2 heterocycles. The van der Waals surface area contributed by atoms with Gasteiger partial charge >= 0.3 is 0 Å². The molecule has 3 heteroatoms. The van der Waals surface area contributed by atoms with Crippen LogP contribution in [0.25, 0.3) is 10.8 Å². The number of hydrogen-bond donors (Lipinski definition) is 0. The van der Waals surface area contributed by atoms with Gasteiger partial charge in [0.25, 0.3) is 0 Å². The highest BCUT2D eigenvalue weighted by molar-refractivity contribution is 6.09. The minimum atomic E-state index is -0.00851. The van der Waals surface area contributed by atoms with Gasteiger partial charge in [-0.15, -0.1) is 0 Å². The van der Waals surface area contributed by atoms with Gasteiger partial charge in [0.05, 0.1) is 12.7 Å². The first-order valence-corrected chi connectivity index (χ1v) is 6.24. The third-order valence-electron chi connectivity index (χ3n) is 3.52. The van der Waals surface area contributed by atoms with Gasteiger partial charge in [-0.25, -0.2) is 0 Å². The Bertz CT molecular complexity index is 589. The van der Waals surface area contributed by atoms with Crippen LogP contribution in [-0.2, 0) is 4.74 Å². The molecule has 0 N–H and O–H groups in total. The number of aromatic nitrogens is 1. The van der Waals surface area contributed by atoms with E-state index < -0.39 is 0 Å². The second kappa shape index (κ2) is 4.50. The van der Waals surface area contributed by atoms with E-state index in [0.717, 1.165) is 22.8 Å². The van der Waals surface area contributed by atoms with E-state index in [9.17, 15) is 4.79 Å². The van der Waals surface area contributed by atoms with Gasteiger partial charge in [0.1, 0.15) is 0 Å². The molecule has 0 aliphatic carbocycles. The Morgan fingerprint density at radius 3 is 3.06 bits per heavy atom. The highest BCUT2D eigenvalue weighted by Crippen LogP contribution is 2.26. The molecular weight excluding hydrogens is 226 g/mol. The summed E-state index contributed by atoms with van der Waals surface area (Å²) in [7, 11) is 0. The topological polar surface area (TPSA) is 39.2 Å². The van der Waals surface area contributed by atoms with E-state index in [0.29, 0.717) is 6.61 Å². The van der Waals surface area contributed by atoms with Gasteiger partial charge in [-0.3, -0.25) is 9.78 Å². The Hall–Kier alpha value is -1.74. The SMILES string of the molecule is CC1CC(C(=O)c2cccc3ccncc23)CO1. The first-order chi connectivity index (χ1) is 8.75. The molecule has 3 rings (SSSR count). The molecule has 1 aliphatic heterocycles. The van der Waals surface area contributed by atoms with Crippen molar-refractivity contribution < 1.29 is 9.53 Å². The standard InChI is InChI=1S/C15H15NO2/c1-10-7-12(9-18-10)15(17)13-4-2-3-11-5-6-16-8-14(11)13/h2-6,8,10,12H,7,9H2,1H3. The van der Waals surface area contributed by atoms with Gasteiger partial charge in [-0.2, -0.15) is 0 Å². The minimum Gasteiger partial charge on any atom is -0.378 e. The molecule has 2 aromatic rings. The number of hydrogen-bond acceptors (Lipinski definition) is 3. The molecule has 0 amide bonds.